The Morgan fingerprint density at radius 2 is 2.20 bits per heavy atom. The largest absolute Gasteiger partial charge is 0.484 e. The number of hydrogen-bond acceptors (Lipinski definition) is 5. The zero-order valence-corrected chi connectivity index (χ0v) is 14.3. The summed E-state index contributed by atoms with van der Waals surface area (Å²) in [5.41, 5.74) is 1.19. The minimum absolute atomic E-state index is 0.157. The molecule has 3 heterocycles. The van der Waals surface area contributed by atoms with Gasteiger partial charge in [0.2, 0.25) is 5.56 Å². The van der Waals surface area contributed by atoms with E-state index in [4.69, 9.17) is 9.47 Å². The Morgan fingerprint density at radius 1 is 1.36 bits per heavy atom. The van der Waals surface area contributed by atoms with Crippen molar-refractivity contribution >= 4 is 5.91 Å². The molecule has 1 amide bonds. The molecule has 1 aliphatic rings. The summed E-state index contributed by atoms with van der Waals surface area (Å²) >= 11 is 0. The van der Waals surface area contributed by atoms with Gasteiger partial charge in [0, 0.05) is 31.6 Å². The molecular formula is C18H21N3O4. The highest BCUT2D eigenvalue weighted by Crippen LogP contribution is 2.17. The van der Waals surface area contributed by atoms with E-state index in [9.17, 15) is 9.59 Å². The van der Waals surface area contributed by atoms with Gasteiger partial charge in [0.05, 0.1) is 24.4 Å². The second kappa shape index (κ2) is 7.48. The summed E-state index contributed by atoms with van der Waals surface area (Å²) in [4.78, 5) is 28.1. The van der Waals surface area contributed by atoms with Crippen molar-refractivity contribution in [2.24, 2.45) is 7.05 Å². The van der Waals surface area contributed by atoms with E-state index in [-0.39, 0.29) is 23.6 Å². The number of carbonyl (C=O) groups excluding carboxylic acids is 1. The molecule has 1 fully saturated rings. The summed E-state index contributed by atoms with van der Waals surface area (Å²) in [5.74, 6) is 0.403. The van der Waals surface area contributed by atoms with Gasteiger partial charge < -0.3 is 19.4 Å². The molecule has 2 atom stereocenters. The summed E-state index contributed by atoms with van der Waals surface area (Å²) in [6, 6.07) is 6.45. The summed E-state index contributed by atoms with van der Waals surface area (Å²) in [7, 11) is 1.61. The lowest BCUT2D eigenvalue weighted by atomic mass is 10.1. The molecule has 0 aromatic carbocycles. The van der Waals surface area contributed by atoms with Gasteiger partial charge in [-0.2, -0.15) is 0 Å². The lowest BCUT2D eigenvalue weighted by Crippen LogP contribution is -2.51. The Hall–Kier alpha value is -2.67. The number of amides is 1. The van der Waals surface area contributed by atoms with Crippen LogP contribution < -0.4 is 15.6 Å². The minimum atomic E-state index is -0.297. The van der Waals surface area contributed by atoms with Crippen LogP contribution in [0.5, 0.6) is 5.75 Å². The lowest BCUT2D eigenvalue weighted by Gasteiger charge is -2.32. The van der Waals surface area contributed by atoms with Crippen LogP contribution in [0.15, 0.2) is 41.5 Å². The van der Waals surface area contributed by atoms with Crippen LogP contribution in [0.2, 0.25) is 0 Å². The number of ether oxygens (including phenoxy) is 2. The predicted octanol–water partition coefficient (Wildman–Crippen LogP) is 1.06. The standard InChI is InChI=1S/C18H21N3O4/c1-12-3-5-14(9-19-12)25-16-11-24-8-7-15(16)20-18(23)13-4-6-17(22)21(2)10-13/h3-6,9-10,15-16H,7-8,11H2,1-2H3,(H,20,23)/t15-,16+/m1/s1. The van der Waals surface area contributed by atoms with E-state index < -0.39 is 0 Å². The number of carbonyl (C=O) groups is 1. The van der Waals surface area contributed by atoms with Gasteiger partial charge in [0.15, 0.2) is 0 Å². The van der Waals surface area contributed by atoms with Gasteiger partial charge in [-0.05, 0) is 31.5 Å². The molecule has 0 saturated carbocycles. The van der Waals surface area contributed by atoms with Gasteiger partial charge in [-0.1, -0.05) is 0 Å². The van der Waals surface area contributed by atoms with Crippen LogP contribution in [-0.4, -0.2) is 40.8 Å². The molecule has 7 nitrogen and oxygen atoms in total. The average molecular weight is 343 g/mol. The van der Waals surface area contributed by atoms with Gasteiger partial charge in [-0.3, -0.25) is 14.6 Å². The van der Waals surface area contributed by atoms with Crippen molar-refractivity contribution < 1.29 is 14.3 Å². The number of aromatic nitrogens is 2. The van der Waals surface area contributed by atoms with Crippen molar-refractivity contribution in [2.75, 3.05) is 13.2 Å². The Balaban J connectivity index is 1.69. The first-order valence-electron chi connectivity index (χ1n) is 8.17. The molecular weight excluding hydrogens is 322 g/mol. The molecule has 7 heteroatoms. The topological polar surface area (TPSA) is 82.5 Å². The molecule has 2 aromatic rings. The molecule has 1 saturated heterocycles. The van der Waals surface area contributed by atoms with Crippen molar-refractivity contribution in [2.45, 2.75) is 25.5 Å². The SMILES string of the molecule is Cc1ccc(O[C@H]2COCC[C@H]2NC(=O)c2ccc(=O)n(C)c2)cn1. The van der Waals surface area contributed by atoms with Crippen LogP contribution in [0.1, 0.15) is 22.5 Å². The molecule has 1 N–H and O–H groups in total. The van der Waals surface area contributed by atoms with Gasteiger partial charge in [0.25, 0.3) is 5.91 Å². The molecule has 0 radical (unpaired) electrons. The van der Waals surface area contributed by atoms with Crippen LogP contribution in [0, 0.1) is 6.92 Å². The van der Waals surface area contributed by atoms with Crippen LogP contribution in [-0.2, 0) is 11.8 Å². The normalized spacial score (nSPS) is 20.1. The first-order chi connectivity index (χ1) is 12.0. The Labute approximate surface area is 145 Å². The first-order valence-corrected chi connectivity index (χ1v) is 8.17. The monoisotopic (exact) mass is 343 g/mol. The number of nitrogens with zero attached hydrogens (tertiary/aromatic N) is 2. The maximum absolute atomic E-state index is 12.5. The van der Waals surface area contributed by atoms with Crippen molar-refractivity contribution in [3.63, 3.8) is 0 Å². The summed E-state index contributed by atoms with van der Waals surface area (Å²) in [6.07, 6.45) is 3.54. The average Bonchev–Trinajstić information content (AvgIpc) is 2.61. The second-order valence-corrected chi connectivity index (χ2v) is 6.10. The highest BCUT2D eigenvalue weighted by molar-refractivity contribution is 5.94. The van der Waals surface area contributed by atoms with Gasteiger partial charge in [0.1, 0.15) is 11.9 Å². The van der Waals surface area contributed by atoms with Crippen LogP contribution in [0.3, 0.4) is 0 Å². The van der Waals surface area contributed by atoms with Crippen molar-refractivity contribution in [1.29, 1.82) is 0 Å². The number of hydrogen-bond donors (Lipinski definition) is 1. The van der Waals surface area contributed by atoms with E-state index in [2.05, 4.69) is 10.3 Å². The van der Waals surface area contributed by atoms with Gasteiger partial charge >= 0.3 is 0 Å². The van der Waals surface area contributed by atoms with Crippen molar-refractivity contribution in [3.05, 3.63) is 58.3 Å². The molecule has 25 heavy (non-hydrogen) atoms. The van der Waals surface area contributed by atoms with Crippen molar-refractivity contribution in [3.8, 4) is 5.75 Å². The van der Waals surface area contributed by atoms with E-state index >= 15 is 0 Å². The van der Waals surface area contributed by atoms with E-state index in [1.165, 1.54) is 22.9 Å². The molecule has 2 aromatic heterocycles. The maximum Gasteiger partial charge on any atom is 0.253 e. The van der Waals surface area contributed by atoms with Crippen LogP contribution in [0.25, 0.3) is 0 Å². The second-order valence-electron chi connectivity index (χ2n) is 6.10. The fourth-order valence-corrected chi connectivity index (χ4v) is 2.67. The third kappa shape index (κ3) is 4.24. The minimum Gasteiger partial charge on any atom is -0.484 e. The maximum atomic E-state index is 12.5. The van der Waals surface area contributed by atoms with E-state index in [1.54, 1.807) is 13.2 Å². The Kier molecular flexibility index (Phi) is 5.14. The molecule has 3 rings (SSSR count). The summed E-state index contributed by atoms with van der Waals surface area (Å²) in [5, 5.41) is 2.98. The fraction of sp³-hybridized carbons (Fsp3) is 0.389. The summed E-state index contributed by atoms with van der Waals surface area (Å²) < 4.78 is 12.8. The molecule has 0 aliphatic carbocycles. The Bertz CT molecular complexity index is 801. The fourth-order valence-electron chi connectivity index (χ4n) is 2.67. The quantitative estimate of drug-likeness (QED) is 0.897. The van der Waals surface area contributed by atoms with E-state index in [1.807, 2.05) is 19.1 Å². The molecule has 132 valence electrons. The number of aryl methyl sites for hydroxylation is 2. The van der Waals surface area contributed by atoms with Gasteiger partial charge in [-0.25, -0.2) is 0 Å². The van der Waals surface area contributed by atoms with Gasteiger partial charge in [-0.15, -0.1) is 0 Å². The molecule has 0 unspecified atom stereocenters. The predicted molar refractivity (Wildman–Crippen MR) is 91.8 cm³/mol. The molecule has 1 aliphatic heterocycles. The lowest BCUT2D eigenvalue weighted by molar-refractivity contribution is -0.0136. The van der Waals surface area contributed by atoms with Crippen LogP contribution in [0.4, 0.5) is 0 Å². The van der Waals surface area contributed by atoms with E-state index in [0.717, 1.165) is 5.69 Å². The smallest absolute Gasteiger partial charge is 0.253 e. The zero-order chi connectivity index (χ0) is 17.8. The van der Waals surface area contributed by atoms with Crippen molar-refractivity contribution in [1.82, 2.24) is 14.9 Å². The van der Waals surface area contributed by atoms with Crippen LogP contribution >= 0.6 is 0 Å². The number of pyridine rings is 2. The number of rotatable bonds is 4. The first kappa shape index (κ1) is 17.2. The van der Waals surface area contributed by atoms with E-state index in [0.29, 0.717) is 30.9 Å². The highest BCUT2D eigenvalue weighted by atomic mass is 16.5. The number of nitrogens with one attached hydrogen (secondary N) is 1. The highest BCUT2D eigenvalue weighted by Gasteiger charge is 2.29. The third-order valence-corrected chi connectivity index (χ3v) is 4.14. The molecule has 0 bridgehead atoms. The Morgan fingerprint density at radius 3 is 2.92 bits per heavy atom. The zero-order valence-electron chi connectivity index (χ0n) is 14.3. The third-order valence-electron chi connectivity index (χ3n) is 4.14. The summed E-state index contributed by atoms with van der Waals surface area (Å²) in [6.45, 7) is 2.86. The molecule has 0 spiro atoms.